The van der Waals surface area contributed by atoms with E-state index in [9.17, 15) is 0 Å². The predicted molar refractivity (Wildman–Crippen MR) is 64.4 cm³/mol. The molecule has 0 amide bonds. The van der Waals surface area contributed by atoms with Gasteiger partial charge in [-0.3, -0.25) is 0 Å². The summed E-state index contributed by atoms with van der Waals surface area (Å²) in [4.78, 5) is 0. The molecule has 4 rings (SSSR count). The third-order valence-corrected chi connectivity index (χ3v) is 5.57. The van der Waals surface area contributed by atoms with Crippen molar-refractivity contribution in [2.24, 2.45) is 23.2 Å². The highest BCUT2D eigenvalue weighted by Gasteiger charge is 2.52. The van der Waals surface area contributed by atoms with Crippen LogP contribution in [0, 0.1) is 29.1 Å². The molecule has 0 aromatic heterocycles. The fraction of sp³-hybridized carbons (Fsp3) is 0.933. The van der Waals surface area contributed by atoms with Gasteiger partial charge in [-0.25, -0.2) is 0 Å². The molecule has 0 N–H and O–H groups in total. The molecule has 0 atom stereocenters. The van der Waals surface area contributed by atoms with Gasteiger partial charge in [0.05, 0.1) is 0 Å². The molecule has 0 heteroatoms. The van der Waals surface area contributed by atoms with Crippen molar-refractivity contribution in [2.75, 3.05) is 0 Å². The van der Waals surface area contributed by atoms with E-state index in [1.54, 1.807) is 38.5 Å². The molecule has 0 unspecified atom stereocenters. The molecule has 0 nitrogen and oxygen atoms in total. The first kappa shape index (κ1) is 10.2. The Labute approximate surface area is 94.8 Å². The molecule has 1 radical (unpaired) electrons. The van der Waals surface area contributed by atoms with Gasteiger partial charge in [0.2, 0.25) is 0 Å². The summed E-state index contributed by atoms with van der Waals surface area (Å²) in [6, 6.07) is 0. The van der Waals surface area contributed by atoms with Crippen molar-refractivity contribution in [3.8, 4) is 0 Å². The Bertz CT molecular complexity index is 205. The monoisotopic (exact) mass is 205 g/mol. The van der Waals surface area contributed by atoms with Crippen LogP contribution < -0.4 is 0 Å². The Morgan fingerprint density at radius 2 is 1.47 bits per heavy atom. The Hall–Kier alpha value is 0. The van der Waals surface area contributed by atoms with Gasteiger partial charge >= 0.3 is 0 Å². The van der Waals surface area contributed by atoms with Gasteiger partial charge in [-0.15, -0.1) is 0 Å². The maximum Gasteiger partial charge on any atom is -0.0210 e. The largest absolute Gasteiger partial charge is 0.0654 e. The second kappa shape index (κ2) is 3.50. The summed E-state index contributed by atoms with van der Waals surface area (Å²) in [5.74, 6) is 5.21. The van der Waals surface area contributed by atoms with Gasteiger partial charge in [0.1, 0.15) is 0 Å². The summed E-state index contributed by atoms with van der Waals surface area (Å²) in [6.07, 6.45) is 12.2. The van der Waals surface area contributed by atoms with Crippen LogP contribution in [0.3, 0.4) is 0 Å². The van der Waals surface area contributed by atoms with Crippen molar-refractivity contribution < 1.29 is 0 Å². The minimum absolute atomic E-state index is 0.727. The van der Waals surface area contributed by atoms with Crippen LogP contribution in [0.5, 0.6) is 0 Å². The summed E-state index contributed by atoms with van der Waals surface area (Å²) >= 11 is 0. The third kappa shape index (κ3) is 1.56. The maximum atomic E-state index is 2.47. The zero-order valence-corrected chi connectivity index (χ0v) is 10.4. The topological polar surface area (TPSA) is 0 Å². The molecule has 0 spiro atoms. The van der Waals surface area contributed by atoms with Gasteiger partial charge < -0.3 is 0 Å². The van der Waals surface area contributed by atoms with Crippen molar-refractivity contribution in [1.29, 1.82) is 0 Å². The smallest absolute Gasteiger partial charge is 0.0210 e. The van der Waals surface area contributed by atoms with Crippen LogP contribution in [-0.2, 0) is 0 Å². The Balaban J connectivity index is 1.80. The summed E-state index contributed by atoms with van der Waals surface area (Å²) in [7, 11) is 0. The second-order valence-electron chi connectivity index (χ2n) is 6.73. The zero-order valence-electron chi connectivity index (χ0n) is 10.4. The van der Waals surface area contributed by atoms with Gasteiger partial charge in [-0.2, -0.15) is 0 Å². The van der Waals surface area contributed by atoms with Gasteiger partial charge in [0.25, 0.3) is 0 Å². The van der Waals surface area contributed by atoms with Crippen molar-refractivity contribution in [2.45, 2.75) is 65.2 Å². The third-order valence-electron chi connectivity index (χ3n) is 5.57. The van der Waals surface area contributed by atoms with Crippen LogP contribution in [-0.4, -0.2) is 0 Å². The minimum atomic E-state index is 0.727. The molecule has 4 saturated carbocycles. The van der Waals surface area contributed by atoms with Crippen molar-refractivity contribution in [3.63, 3.8) is 0 Å². The highest BCUT2D eigenvalue weighted by atomic mass is 14.6. The van der Waals surface area contributed by atoms with E-state index < -0.39 is 0 Å². The predicted octanol–water partition coefficient (Wildman–Crippen LogP) is 4.60. The molecule has 0 aromatic carbocycles. The Morgan fingerprint density at radius 1 is 1.00 bits per heavy atom. The van der Waals surface area contributed by atoms with Crippen LogP contribution in [0.4, 0.5) is 0 Å². The van der Waals surface area contributed by atoms with Crippen LogP contribution in [0.1, 0.15) is 65.2 Å². The summed E-state index contributed by atoms with van der Waals surface area (Å²) < 4.78 is 0. The molecule has 4 aliphatic carbocycles. The van der Waals surface area contributed by atoms with E-state index in [1.807, 2.05) is 5.92 Å². The molecule has 0 aliphatic heterocycles. The first-order chi connectivity index (χ1) is 7.22. The number of hydrogen-bond acceptors (Lipinski definition) is 0. The molecule has 0 aromatic rings. The van der Waals surface area contributed by atoms with E-state index in [4.69, 9.17) is 0 Å². The fourth-order valence-electron chi connectivity index (χ4n) is 5.27. The highest BCUT2D eigenvalue weighted by Crippen LogP contribution is 2.63. The van der Waals surface area contributed by atoms with Gasteiger partial charge in [-0.05, 0) is 74.0 Å². The molecule has 0 heterocycles. The van der Waals surface area contributed by atoms with Gasteiger partial charge in [-0.1, -0.05) is 20.3 Å². The van der Waals surface area contributed by atoms with E-state index in [0.717, 1.165) is 23.2 Å². The standard InChI is InChI=1S/C15H25/c1-3-4-11(2)15-8-12-5-13(9-15)7-14(6-12)10-15/h12-14H,3-10H2,1-2H3. The van der Waals surface area contributed by atoms with Gasteiger partial charge in [0.15, 0.2) is 0 Å². The van der Waals surface area contributed by atoms with E-state index in [1.165, 1.54) is 12.8 Å². The van der Waals surface area contributed by atoms with Crippen LogP contribution in [0.15, 0.2) is 0 Å². The first-order valence-electron chi connectivity index (χ1n) is 7.05. The van der Waals surface area contributed by atoms with Crippen molar-refractivity contribution >= 4 is 0 Å². The highest BCUT2D eigenvalue weighted by molar-refractivity contribution is 5.13. The Morgan fingerprint density at radius 3 is 1.87 bits per heavy atom. The number of rotatable bonds is 3. The molecule has 4 fully saturated rings. The van der Waals surface area contributed by atoms with Crippen molar-refractivity contribution in [3.05, 3.63) is 5.92 Å². The second-order valence-corrected chi connectivity index (χ2v) is 6.73. The zero-order chi connectivity index (χ0) is 10.5. The minimum Gasteiger partial charge on any atom is -0.0654 e. The van der Waals surface area contributed by atoms with E-state index >= 15 is 0 Å². The molecule has 4 bridgehead atoms. The molecular weight excluding hydrogens is 180 g/mol. The van der Waals surface area contributed by atoms with Gasteiger partial charge in [0, 0.05) is 0 Å². The number of hydrogen-bond donors (Lipinski definition) is 0. The molecule has 4 aliphatic rings. The molecule has 0 saturated heterocycles. The lowest BCUT2D eigenvalue weighted by Crippen LogP contribution is -2.48. The van der Waals surface area contributed by atoms with Crippen LogP contribution in [0.25, 0.3) is 0 Å². The lowest BCUT2D eigenvalue weighted by atomic mass is 9.46. The summed E-state index contributed by atoms with van der Waals surface area (Å²) in [5.41, 5.74) is 0.727. The normalized spacial score (nSPS) is 47.8. The van der Waals surface area contributed by atoms with E-state index in [0.29, 0.717) is 0 Å². The first-order valence-corrected chi connectivity index (χ1v) is 7.05. The quantitative estimate of drug-likeness (QED) is 0.632. The van der Waals surface area contributed by atoms with Crippen LogP contribution in [0.2, 0.25) is 0 Å². The summed E-state index contributed by atoms with van der Waals surface area (Å²) in [5, 5.41) is 0. The van der Waals surface area contributed by atoms with E-state index in [2.05, 4.69) is 13.8 Å². The SMILES string of the molecule is CCC[C](C)C12CC3CC(CC(C3)C1)C2. The Kier molecular flexibility index (Phi) is 2.37. The van der Waals surface area contributed by atoms with E-state index in [-0.39, 0.29) is 0 Å². The average molecular weight is 205 g/mol. The molecule has 15 heavy (non-hydrogen) atoms. The van der Waals surface area contributed by atoms with Crippen LogP contribution >= 0.6 is 0 Å². The maximum absolute atomic E-state index is 2.47. The fourth-order valence-corrected chi connectivity index (χ4v) is 5.27. The van der Waals surface area contributed by atoms with Crippen molar-refractivity contribution in [1.82, 2.24) is 0 Å². The average Bonchev–Trinajstić information content (AvgIpc) is 2.15. The summed E-state index contributed by atoms with van der Waals surface area (Å²) in [6.45, 7) is 4.81. The molecule has 85 valence electrons. The lowest BCUT2D eigenvalue weighted by Gasteiger charge is -2.59. The molecular formula is C15H25. The lowest BCUT2D eigenvalue weighted by molar-refractivity contribution is -0.0451.